The van der Waals surface area contributed by atoms with Crippen molar-refractivity contribution in [1.82, 2.24) is 4.90 Å². The van der Waals surface area contributed by atoms with Crippen molar-refractivity contribution in [2.45, 2.75) is 25.7 Å². The summed E-state index contributed by atoms with van der Waals surface area (Å²) in [4.78, 5) is 33.9. The first-order chi connectivity index (χ1) is 17.7. The normalized spacial score (nSPS) is 10.5. The minimum absolute atomic E-state index is 0.0673. The minimum Gasteiger partial charge on any atom is -0.545 e. The molecule has 0 radical (unpaired) electrons. The van der Waals surface area contributed by atoms with Gasteiger partial charge in [0, 0.05) is 22.6 Å². The Morgan fingerprint density at radius 1 is 0.973 bits per heavy atom. The molecule has 37 heavy (non-hydrogen) atoms. The Kier molecular flexibility index (Phi) is 15.3. The van der Waals surface area contributed by atoms with Crippen molar-refractivity contribution in [2.75, 3.05) is 33.9 Å². The standard InChI is InChI=1S/C24H30BrNO3.C4H4O4/c1-4-15-26(2)16-7-5-6-8-17-29-21-13-14-22(23(18-21)28-3)24(27)19-9-11-20(25)12-10-19;5-3(6)1-2-4(7)8/h4,9-14,18H,1,5-8,15-17H2,2-3H3;1-2H,(H,5,6)(H,7,8)/p-2/b;2-1+. The number of carbonyl (C=O) groups excluding carboxylic acids is 3. The van der Waals surface area contributed by atoms with E-state index in [2.05, 4.69) is 34.5 Å². The van der Waals surface area contributed by atoms with Gasteiger partial charge in [0.15, 0.2) is 5.78 Å². The highest BCUT2D eigenvalue weighted by Gasteiger charge is 2.15. The first-order valence-electron chi connectivity index (χ1n) is 11.7. The zero-order valence-electron chi connectivity index (χ0n) is 21.1. The number of hydrogen-bond acceptors (Lipinski definition) is 8. The Bertz CT molecular complexity index is 1030. The summed E-state index contributed by atoms with van der Waals surface area (Å²) in [6.45, 7) is 6.45. The van der Waals surface area contributed by atoms with Gasteiger partial charge in [-0.05, 0) is 75.0 Å². The highest BCUT2D eigenvalue weighted by atomic mass is 79.9. The Morgan fingerprint density at radius 3 is 2.16 bits per heavy atom. The molecule has 200 valence electrons. The van der Waals surface area contributed by atoms with Crippen LogP contribution in [0.2, 0.25) is 0 Å². The topological polar surface area (TPSA) is 119 Å². The first kappa shape index (κ1) is 31.6. The van der Waals surface area contributed by atoms with Crippen LogP contribution in [0, 0.1) is 0 Å². The molecule has 0 aromatic heterocycles. The van der Waals surface area contributed by atoms with Gasteiger partial charge in [-0.1, -0.05) is 34.8 Å². The van der Waals surface area contributed by atoms with E-state index in [1.54, 1.807) is 31.4 Å². The lowest BCUT2D eigenvalue weighted by Gasteiger charge is -2.13. The molecular formula is C28H32BrNO7-2. The fraction of sp³-hybridized carbons (Fsp3) is 0.321. The number of methoxy groups -OCH3 is 1. The van der Waals surface area contributed by atoms with E-state index in [1.165, 1.54) is 12.8 Å². The molecule has 0 atom stereocenters. The van der Waals surface area contributed by atoms with Crippen molar-refractivity contribution in [2.24, 2.45) is 0 Å². The van der Waals surface area contributed by atoms with Crippen LogP contribution >= 0.6 is 15.9 Å². The molecule has 0 aliphatic carbocycles. The second-order valence-corrected chi connectivity index (χ2v) is 8.90. The molecule has 0 aliphatic rings. The van der Waals surface area contributed by atoms with Crippen molar-refractivity contribution in [3.8, 4) is 11.5 Å². The zero-order chi connectivity index (χ0) is 27.6. The van der Waals surface area contributed by atoms with Crippen LogP contribution in [0.5, 0.6) is 11.5 Å². The molecular weight excluding hydrogens is 542 g/mol. The van der Waals surface area contributed by atoms with E-state index in [9.17, 15) is 24.6 Å². The van der Waals surface area contributed by atoms with E-state index < -0.39 is 11.9 Å². The zero-order valence-corrected chi connectivity index (χ0v) is 22.7. The fourth-order valence-electron chi connectivity index (χ4n) is 3.18. The van der Waals surface area contributed by atoms with Crippen molar-refractivity contribution in [1.29, 1.82) is 0 Å². The van der Waals surface area contributed by atoms with E-state index >= 15 is 0 Å². The summed E-state index contributed by atoms with van der Waals surface area (Å²) < 4.78 is 12.2. The van der Waals surface area contributed by atoms with Gasteiger partial charge in [-0.3, -0.25) is 4.79 Å². The third kappa shape index (κ3) is 13.5. The summed E-state index contributed by atoms with van der Waals surface area (Å²) >= 11 is 3.39. The lowest BCUT2D eigenvalue weighted by Crippen LogP contribution is -2.23. The summed E-state index contributed by atoms with van der Waals surface area (Å²) in [5.74, 6) is -1.91. The van der Waals surface area contributed by atoms with Gasteiger partial charge in [-0.15, -0.1) is 6.58 Å². The van der Waals surface area contributed by atoms with Crippen LogP contribution < -0.4 is 19.7 Å². The number of ether oxygens (including phenoxy) is 2. The van der Waals surface area contributed by atoms with Crippen LogP contribution in [0.15, 0.2) is 71.7 Å². The molecule has 0 unspecified atom stereocenters. The molecule has 0 saturated heterocycles. The number of unbranched alkanes of at least 4 members (excludes halogenated alkanes) is 3. The molecule has 2 aromatic rings. The molecule has 0 bridgehead atoms. The molecule has 0 fully saturated rings. The fourth-order valence-corrected chi connectivity index (χ4v) is 3.45. The van der Waals surface area contributed by atoms with E-state index in [-0.39, 0.29) is 5.78 Å². The number of halogens is 1. The first-order valence-corrected chi connectivity index (χ1v) is 12.5. The number of hydrogen-bond donors (Lipinski definition) is 0. The quantitative estimate of drug-likeness (QED) is 0.138. The average molecular weight is 574 g/mol. The van der Waals surface area contributed by atoms with Gasteiger partial charge < -0.3 is 34.2 Å². The van der Waals surface area contributed by atoms with Gasteiger partial charge in [-0.2, -0.15) is 0 Å². The molecule has 2 rings (SSSR count). The number of nitrogens with zero attached hydrogens (tertiary/aromatic N) is 1. The maximum absolute atomic E-state index is 12.8. The highest BCUT2D eigenvalue weighted by molar-refractivity contribution is 9.10. The van der Waals surface area contributed by atoms with Gasteiger partial charge in [0.1, 0.15) is 11.5 Å². The lowest BCUT2D eigenvalue weighted by molar-refractivity contribution is -0.301. The van der Waals surface area contributed by atoms with Crippen molar-refractivity contribution >= 4 is 33.7 Å². The Balaban J connectivity index is 0.000000738. The van der Waals surface area contributed by atoms with Crippen LogP contribution in [-0.4, -0.2) is 56.5 Å². The largest absolute Gasteiger partial charge is 0.545 e. The van der Waals surface area contributed by atoms with Gasteiger partial charge in [0.25, 0.3) is 0 Å². The van der Waals surface area contributed by atoms with Crippen LogP contribution in [0.25, 0.3) is 0 Å². The second kappa shape index (κ2) is 17.9. The van der Waals surface area contributed by atoms with Gasteiger partial charge >= 0.3 is 0 Å². The monoisotopic (exact) mass is 573 g/mol. The van der Waals surface area contributed by atoms with Crippen LogP contribution in [0.3, 0.4) is 0 Å². The number of ketones is 1. The smallest absolute Gasteiger partial charge is 0.196 e. The van der Waals surface area contributed by atoms with Crippen molar-refractivity contribution in [3.05, 3.63) is 82.9 Å². The SMILES string of the molecule is C=CCN(C)CCCCCCOc1ccc(C(=O)c2ccc(Br)cc2)c(OC)c1.O=C([O-])/C=C/C(=O)[O-]. The van der Waals surface area contributed by atoms with E-state index in [4.69, 9.17) is 9.47 Å². The Morgan fingerprint density at radius 2 is 1.59 bits per heavy atom. The predicted molar refractivity (Wildman–Crippen MR) is 141 cm³/mol. The van der Waals surface area contributed by atoms with Crippen molar-refractivity contribution in [3.63, 3.8) is 0 Å². The van der Waals surface area contributed by atoms with Gasteiger partial charge in [0.05, 0.1) is 31.2 Å². The second-order valence-electron chi connectivity index (χ2n) is 7.98. The summed E-state index contributed by atoms with van der Waals surface area (Å²) in [7, 11) is 3.68. The Hall–Kier alpha value is -3.43. The van der Waals surface area contributed by atoms with Crippen LogP contribution in [-0.2, 0) is 9.59 Å². The number of aliphatic carboxylic acids is 2. The third-order valence-corrected chi connectivity index (χ3v) is 5.55. The van der Waals surface area contributed by atoms with Gasteiger partial charge in [-0.25, -0.2) is 0 Å². The summed E-state index contributed by atoms with van der Waals surface area (Å²) in [5.41, 5.74) is 1.16. The van der Waals surface area contributed by atoms with Crippen LogP contribution in [0.1, 0.15) is 41.6 Å². The number of likely N-dealkylation sites (N-methyl/N-ethyl adjacent to an activating group) is 1. The molecule has 0 spiro atoms. The van der Waals surface area contributed by atoms with E-state index in [0.717, 1.165) is 36.2 Å². The molecule has 0 N–H and O–H groups in total. The number of rotatable bonds is 15. The van der Waals surface area contributed by atoms with Gasteiger partial charge in [0.2, 0.25) is 0 Å². The van der Waals surface area contributed by atoms with Crippen LogP contribution in [0.4, 0.5) is 0 Å². The summed E-state index contributed by atoms with van der Waals surface area (Å²) in [6, 6.07) is 12.7. The minimum atomic E-state index is -1.55. The van der Waals surface area contributed by atoms with Crippen molar-refractivity contribution < 1.29 is 34.1 Å². The third-order valence-electron chi connectivity index (χ3n) is 5.02. The maximum Gasteiger partial charge on any atom is 0.196 e. The number of benzene rings is 2. The van der Waals surface area contributed by atoms with E-state index in [1.807, 2.05) is 24.3 Å². The Labute approximate surface area is 226 Å². The summed E-state index contributed by atoms with van der Waals surface area (Å²) in [6.07, 6.45) is 7.22. The number of carboxylic acid groups (broad SMARTS) is 2. The molecule has 0 aliphatic heterocycles. The number of carbonyl (C=O) groups is 3. The lowest BCUT2D eigenvalue weighted by atomic mass is 10.0. The number of carboxylic acids is 2. The molecule has 0 saturated carbocycles. The molecule has 2 aromatic carbocycles. The molecule has 8 nitrogen and oxygen atoms in total. The molecule has 0 amide bonds. The molecule has 9 heteroatoms. The molecule has 0 heterocycles. The summed E-state index contributed by atoms with van der Waals surface area (Å²) in [5, 5.41) is 18.8. The average Bonchev–Trinajstić information content (AvgIpc) is 2.87. The highest BCUT2D eigenvalue weighted by Crippen LogP contribution is 2.27. The predicted octanol–water partition coefficient (Wildman–Crippen LogP) is 2.79. The maximum atomic E-state index is 12.8. The van der Waals surface area contributed by atoms with E-state index in [0.29, 0.717) is 35.6 Å².